The highest BCUT2D eigenvalue weighted by Gasteiger charge is 2.18. The van der Waals surface area contributed by atoms with E-state index in [-0.39, 0.29) is 18.3 Å². The maximum absolute atomic E-state index is 12.3. The maximum Gasteiger partial charge on any atom is 0.316 e. The number of aromatic nitrogens is 3. The molecule has 4 rings (SSSR count). The lowest BCUT2D eigenvalue weighted by Crippen LogP contribution is -2.28. The van der Waals surface area contributed by atoms with Gasteiger partial charge in [-0.3, -0.25) is 14.2 Å². The molecule has 9 heteroatoms. The summed E-state index contributed by atoms with van der Waals surface area (Å²) in [6.45, 7) is -0.0468. The summed E-state index contributed by atoms with van der Waals surface area (Å²) in [7, 11) is 1.58. The lowest BCUT2D eigenvalue weighted by atomic mass is 10.2. The van der Waals surface area contributed by atoms with Gasteiger partial charge in [0.15, 0.2) is 17.6 Å². The van der Waals surface area contributed by atoms with E-state index in [9.17, 15) is 9.59 Å². The fourth-order valence-electron chi connectivity index (χ4n) is 3.29. The molecule has 1 aromatic heterocycles. The predicted octanol–water partition coefficient (Wildman–Crippen LogP) is 3.89. The van der Waals surface area contributed by atoms with E-state index >= 15 is 0 Å². The van der Waals surface area contributed by atoms with Crippen molar-refractivity contribution in [3.05, 3.63) is 90.5 Å². The molecular formula is C26H24N4O4S. The number of methoxy groups -OCH3 is 1. The van der Waals surface area contributed by atoms with Crippen LogP contribution >= 0.6 is 11.8 Å². The Hall–Kier alpha value is -4.11. The molecule has 3 aromatic carbocycles. The van der Waals surface area contributed by atoms with E-state index in [1.165, 1.54) is 11.8 Å². The van der Waals surface area contributed by atoms with Crippen molar-refractivity contribution in [1.29, 1.82) is 0 Å². The van der Waals surface area contributed by atoms with Crippen LogP contribution in [0.15, 0.2) is 90.1 Å². The van der Waals surface area contributed by atoms with Crippen LogP contribution < -0.4 is 10.1 Å². The van der Waals surface area contributed by atoms with E-state index in [1.807, 2.05) is 89.5 Å². The number of hydrogen-bond donors (Lipinski definition) is 1. The number of para-hydroxylation sites is 1. The van der Waals surface area contributed by atoms with Crippen LogP contribution in [0, 0.1) is 0 Å². The van der Waals surface area contributed by atoms with Crippen molar-refractivity contribution in [2.75, 3.05) is 19.5 Å². The third-order valence-corrected chi connectivity index (χ3v) is 5.89. The quantitative estimate of drug-likeness (QED) is 0.267. The molecule has 0 aliphatic rings. The number of carbonyl (C=O) groups is 2. The van der Waals surface area contributed by atoms with Crippen molar-refractivity contribution in [2.24, 2.45) is 0 Å². The van der Waals surface area contributed by atoms with Gasteiger partial charge < -0.3 is 14.8 Å². The van der Waals surface area contributed by atoms with E-state index in [4.69, 9.17) is 9.47 Å². The fraction of sp³-hybridized carbons (Fsp3) is 0.154. The minimum Gasteiger partial charge on any atom is -0.497 e. The molecule has 0 aliphatic carbocycles. The van der Waals surface area contributed by atoms with Gasteiger partial charge in [0, 0.05) is 17.8 Å². The summed E-state index contributed by atoms with van der Waals surface area (Å²) in [6, 6.07) is 26.8. The zero-order valence-corrected chi connectivity index (χ0v) is 19.9. The smallest absolute Gasteiger partial charge is 0.316 e. The molecule has 0 fully saturated rings. The highest BCUT2D eigenvalue weighted by atomic mass is 32.2. The van der Waals surface area contributed by atoms with Crippen molar-refractivity contribution >= 4 is 23.6 Å². The molecular weight excluding hydrogens is 464 g/mol. The van der Waals surface area contributed by atoms with Gasteiger partial charge in [0.25, 0.3) is 5.91 Å². The van der Waals surface area contributed by atoms with Gasteiger partial charge >= 0.3 is 5.97 Å². The van der Waals surface area contributed by atoms with Crippen LogP contribution in [0.5, 0.6) is 5.75 Å². The molecule has 0 saturated heterocycles. The van der Waals surface area contributed by atoms with Crippen molar-refractivity contribution in [3.63, 3.8) is 0 Å². The molecule has 1 N–H and O–H groups in total. The molecule has 8 nitrogen and oxygen atoms in total. The van der Waals surface area contributed by atoms with Crippen LogP contribution in [0.4, 0.5) is 0 Å². The van der Waals surface area contributed by atoms with Crippen LogP contribution in [0.2, 0.25) is 0 Å². The first kappa shape index (κ1) is 24.0. The summed E-state index contributed by atoms with van der Waals surface area (Å²) in [5, 5.41) is 11.9. The number of esters is 1. The van der Waals surface area contributed by atoms with Crippen LogP contribution in [0.25, 0.3) is 17.1 Å². The van der Waals surface area contributed by atoms with E-state index in [0.29, 0.717) is 23.3 Å². The van der Waals surface area contributed by atoms with Gasteiger partial charge in [0.05, 0.1) is 12.9 Å². The van der Waals surface area contributed by atoms with Crippen molar-refractivity contribution in [3.8, 4) is 22.8 Å². The zero-order valence-electron chi connectivity index (χ0n) is 19.1. The number of amides is 1. The first-order chi connectivity index (χ1) is 17.1. The molecule has 0 radical (unpaired) electrons. The van der Waals surface area contributed by atoms with Crippen LogP contribution in [0.3, 0.4) is 0 Å². The first-order valence-corrected chi connectivity index (χ1v) is 11.9. The Morgan fingerprint density at radius 1 is 0.943 bits per heavy atom. The molecule has 0 bridgehead atoms. The number of thioether (sulfide) groups is 1. The maximum atomic E-state index is 12.3. The number of ether oxygens (including phenoxy) is 2. The lowest BCUT2D eigenvalue weighted by molar-refractivity contribution is -0.145. The summed E-state index contributed by atoms with van der Waals surface area (Å²) < 4.78 is 12.2. The fourth-order valence-corrected chi connectivity index (χ4v) is 4.04. The number of nitrogens with one attached hydrogen (secondary N) is 1. The Balaban J connectivity index is 1.34. The Kier molecular flexibility index (Phi) is 8.13. The number of benzene rings is 3. The van der Waals surface area contributed by atoms with Crippen molar-refractivity contribution in [2.45, 2.75) is 11.7 Å². The third-order valence-electron chi connectivity index (χ3n) is 4.99. The molecule has 0 aliphatic heterocycles. The zero-order chi connectivity index (χ0) is 24.5. The molecule has 4 aromatic rings. The molecule has 178 valence electrons. The normalized spacial score (nSPS) is 10.5. The molecule has 0 saturated carbocycles. The van der Waals surface area contributed by atoms with E-state index in [0.717, 1.165) is 16.8 Å². The number of rotatable bonds is 10. The second-order valence-corrected chi connectivity index (χ2v) is 8.36. The van der Waals surface area contributed by atoms with Crippen molar-refractivity contribution < 1.29 is 19.1 Å². The SMILES string of the molecule is COc1cccc(CNC(=O)COC(=O)CSc2nnc(-c3ccccc3)n2-c2ccccc2)c1. The average Bonchev–Trinajstić information content (AvgIpc) is 3.34. The van der Waals surface area contributed by atoms with E-state index in [2.05, 4.69) is 15.5 Å². The minimum atomic E-state index is -0.518. The Labute approximate surface area is 207 Å². The molecule has 0 spiro atoms. The van der Waals surface area contributed by atoms with Gasteiger partial charge in [0.2, 0.25) is 0 Å². The standard InChI is InChI=1S/C26H24N4O4S/c1-33-22-14-8-9-19(15-22)16-27-23(31)17-34-24(32)18-35-26-29-28-25(20-10-4-2-5-11-20)30(26)21-12-6-3-7-13-21/h2-15H,16-18H2,1H3,(H,27,31). The molecule has 35 heavy (non-hydrogen) atoms. The summed E-state index contributed by atoms with van der Waals surface area (Å²) >= 11 is 1.20. The average molecular weight is 489 g/mol. The first-order valence-electron chi connectivity index (χ1n) is 10.9. The summed E-state index contributed by atoms with van der Waals surface area (Å²) in [6.07, 6.45) is 0. The second-order valence-electron chi connectivity index (χ2n) is 7.42. The molecule has 0 unspecified atom stereocenters. The monoisotopic (exact) mass is 488 g/mol. The summed E-state index contributed by atoms with van der Waals surface area (Å²) in [5.41, 5.74) is 2.67. The number of nitrogens with zero attached hydrogens (tertiary/aromatic N) is 3. The lowest BCUT2D eigenvalue weighted by Gasteiger charge is -2.10. The van der Waals surface area contributed by atoms with E-state index < -0.39 is 5.97 Å². The predicted molar refractivity (Wildman–Crippen MR) is 133 cm³/mol. The topological polar surface area (TPSA) is 95.3 Å². The second kappa shape index (κ2) is 11.8. The molecule has 1 amide bonds. The highest BCUT2D eigenvalue weighted by molar-refractivity contribution is 7.99. The van der Waals surface area contributed by atoms with Gasteiger partial charge in [-0.2, -0.15) is 0 Å². The Bertz CT molecular complexity index is 1280. The summed E-state index contributed by atoms with van der Waals surface area (Å²) in [5.74, 6) is 0.465. The van der Waals surface area contributed by atoms with E-state index in [1.54, 1.807) is 7.11 Å². The molecule has 1 heterocycles. The van der Waals surface area contributed by atoms with Crippen LogP contribution in [-0.4, -0.2) is 46.1 Å². The van der Waals surface area contributed by atoms with Crippen LogP contribution in [-0.2, 0) is 20.9 Å². The van der Waals surface area contributed by atoms with Gasteiger partial charge in [0.1, 0.15) is 5.75 Å². The van der Waals surface area contributed by atoms with Crippen molar-refractivity contribution in [1.82, 2.24) is 20.1 Å². The Morgan fingerprint density at radius 2 is 1.69 bits per heavy atom. The molecule has 0 atom stereocenters. The summed E-state index contributed by atoms with van der Waals surface area (Å²) in [4.78, 5) is 24.4. The Morgan fingerprint density at radius 3 is 2.43 bits per heavy atom. The van der Waals surface area contributed by atoms with Gasteiger partial charge in [-0.1, -0.05) is 72.4 Å². The van der Waals surface area contributed by atoms with Crippen LogP contribution in [0.1, 0.15) is 5.56 Å². The highest BCUT2D eigenvalue weighted by Crippen LogP contribution is 2.27. The largest absolute Gasteiger partial charge is 0.497 e. The number of carbonyl (C=O) groups excluding carboxylic acids is 2. The van der Waals surface area contributed by atoms with Gasteiger partial charge in [-0.05, 0) is 29.8 Å². The van der Waals surface area contributed by atoms with Gasteiger partial charge in [-0.25, -0.2) is 0 Å². The minimum absolute atomic E-state index is 0.0110. The van der Waals surface area contributed by atoms with Gasteiger partial charge in [-0.15, -0.1) is 10.2 Å². The number of hydrogen-bond acceptors (Lipinski definition) is 7. The third kappa shape index (κ3) is 6.48.